The van der Waals surface area contributed by atoms with E-state index in [2.05, 4.69) is 27.7 Å². The molecule has 0 atom stereocenters. The van der Waals surface area contributed by atoms with Gasteiger partial charge in [0.2, 0.25) is 0 Å². The second kappa shape index (κ2) is 8.19. The van der Waals surface area contributed by atoms with Crippen molar-refractivity contribution < 1.29 is 26.3 Å². The van der Waals surface area contributed by atoms with Gasteiger partial charge in [-0.1, -0.05) is 33.8 Å². The second-order valence-electron chi connectivity index (χ2n) is 9.25. The Morgan fingerprint density at radius 3 is 2.03 bits per heavy atom. The SMILES string of the molecule is CCOC(=O)c1ccc(OS(=O)(=O)Oc2cc3c(cc2C)C(C)(C)CCC3(C)C)cc1. The standard InChI is InChI=1S/C24H30O6S/c1-7-28-22(25)17-8-10-18(11-9-17)29-31(26,27)30-21-15-20-19(14-16(21)2)23(3,4)12-13-24(20,5)6/h8-11,14-15H,7,12-13H2,1-6H3. The van der Waals surface area contributed by atoms with Crippen molar-refractivity contribution in [1.82, 2.24) is 0 Å². The van der Waals surface area contributed by atoms with Crippen molar-refractivity contribution in [3.8, 4) is 11.5 Å². The van der Waals surface area contributed by atoms with Gasteiger partial charge in [-0.15, -0.1) is 8.42 Å². The second-order valence-corrected chi connectivity index (χ2v) is 10.4. The fourth-order valence-electron chi connectivity index (χ4n) is 3.90. The zero-order valence-corrected chi connectivity index (χ0v) is 19.8. The summed E-state index contributed by atoms with van der Waals surface area (Å²) in [6.45, 7) is 12.5. The van der Waals surface area contributed by atoms with E-state index in [0.717, 1.165) is 24.0 Å². The Morgan fingerprint density at radius 1 is 0.935 bits per heavy atom. The number of benzene rings is 2. The molecule has 0 amide bonds. The molecule has 2 aromatic rings. The first-order valence-electron chi connectivity index (χ1n) is 10.4. The van der Waals surface area contributed by atoms with Crippen LogP contribution >= 0.6 is 0 Å². The van der Waals surface area contributed by atoms with E-state index < -0.39 is 16.4 Å². The maximum atomic E-state index is 12.6. The molecule has 0 radical (unpaired) electrons. The number of aryl methyl sites for hydroxylation is 1. The maximum Gasteiger partial charge on any atom is 0.500 e. The molecule has 168 valence electrons. The van der Waals surface area contributed by atoms with E-state index in [-0.39, 0.29) is 28.9 Å². The van der Waals surface area contributed by atoms with Crippen LogP contribution in [0.3, 0.4) is 0 Å². The van der Waals surface area contributed by atoms with E-state index in [1.54, 1.807) is 6.92 Å². The van der Waals surface area contributed by atoms with E-state index in [9.17, 15) is 13.2 Å². The van der Waals surface area contributed by atoms with Crippen LogP contribution < -0.4 is 8.37 Å². The number of fused-ring (bicyclic) bond motifs is 1. The van der Waals surface area contributed by atoms with Crippen molar-refractivity contribution in [2.45, 2.75) is 65.2 Å². The van der Waals surface area contributed by atoms with Crippen LogP contribution in [-0.2, 0) is 26.0 Å². The van der Waals surface area contributed by atoms with Gasteiger partial charge in [0.15, 0.2) is 0 Å². The zero-order chi connectivity index (χ0) is 23.0. The lowest BCUT2D eigenvalue weighted by atomic mass is 9.63. The summed E-state index contributed by atoms with van der Waals surface area (Å²) in [5.74, 6) is -0.179. The lowest BCUT2D eigenvalue weighted by Crippen LogP contribution is -2.34. The number of rotatable bonds is 6. The Balaban J connectivity index is 1.84. The Morgan fingerprint density at radius 2 is 1.48 bits per heavy atom. The Bertz CT molecular complexity index is 1080. The number of hydrogen-bond donors (Lipinski definition) is 0. The topological polar surface area (TPSA) is 78.9 Å². The summed E-state index contributed by atoms with van der Waals surface area (Å²) in [6.07, 6.45) is 2.07. The highest BCUT2D eigenvalue weighted by Crippen LogP contribution is 2.47. The molecular formula is C24H30O6S. The molecule has 0 aromatic heterocycles. The highest BCUT2D eigenvalue weighted by molar-refractivity contribution is 7.82. The van der Waals surface area contributed by atoms with Gasteiger partial charge >= 0.3 is 16.4 Å². The van der Waals surface area contributed by atoms with E-state index in [1.807, 2.05) is 19.1 Å². The van der Waals surface area contributed by atoms with Crippen LogP contribution in [-0.4, -0.2) is 21.0 Å². The third-order valence-electron chi connectivity index (χ3n) is 5.90. The molecular weight excluding hydrogens is 416 g/mol. The molecule has 0 bridgehead atoms. The number of esters is 1. The van der Waals surface area contributed by atoms with Gasteiger partial charge < -0.3 is 13.1 Å². The molecule has 0 heterocycles. The van der Waals surface area contributed by atoms with Gasteiger partial charge in [-0.2, -0.15) is 0 Å². The summed E-state index contributed by atoms with van der Waals surface area (Å²) in [5, 5.41) is 0. The van der Waals surface area contributed by atoms with Crippen molar-refractivity contribution in [2.24, 2.45) is 0 Å². The van der Waals surface area contributed by atoms with Crippen LogP contribution in [0.1, 0.15) is 74.5 Å². The van der Waals surface area contributed by atoms with Gasteiger partial charge in [0.1, 0.15) is 11.5 Å². The predicted octanol–water partition coefficient (Wildman–Crippen LogP) is 5.22. The Kier molecular flexibility index (Phi) is 6.11. The molecule has 0 saturated carbocycles. The number of carbonyl (C=O) groups excluding carboxylic acids is 1. The fraction of sp³-hybridized carbons (Fsp3) is 0.458. The van der Waals surface area contributed by atoms with E-state index in [4.69, 9.17) is 13.1 Å². The average Bonchev–Trinajstić information content (AvgIpc) is 2.67. The van der Waals surface area contributed by atoms with Crippen molar-refractivity contribution in [3.05, 3.63) is 58.7 Å². The molecule has 0 saturated heterocycles. The molecule has 0 spiro atoms. The zero-order valence-electron chi connectivity index (χ0n) is 18.9. The Labute approximate surface area is 184 Å². The molecule has 2 aromatic carbocycles. The van der Waals surface area contributed by atoms with Gasteiger partial charge in [0.05, 0.1) is 12.2 Å². The minimum atomic E-state index is -4.36. The molecule has 0 fully saturated rings. The van der Waals surface area contributed by atoms with Crippen molar-refractivity contribution in [1.29, 1.82) is 0 Å². The van der Waals surface area contributed by atoms with E-state index in [0.29, 0.717) is 5.56 Å². The van der Waals surface area contributed by atoms with Crippen LogP contribution in [0.25, 0.3) is 0 Å². The lowest BCUT2D eigenvalue weighted by Gasteiger charge is -2.42. The minimum absolute atomic E-state index is 0.0180. The predicted molar refractivity (Wildman–Crippen MR) is 119 cm³/mol. The number of ether oxygens (including phenoxy) is 1. The lowest BCUT2D eigenvalue weighted by molar-refractivity contribution is 0.0526. The van der Waals surface area contributed by atoms with Crippen molar-refractivity contribution >= 4 is 16.4 Å². The quantitative estimate of drug-likeness (QED) is 0.566. The molecule has 6 nitrogen and oxygen atoms in total. The molecule has 31 heavy (non-hydrogen) atoms. The van der Waals surface area contributed by atoms with Crippen molar-refractivity contribution in [3.63, 3.8) is 0 Å². The molecule has 0 aliphatic heterocycles. The van der Waals surface area contributed by atoms with Gasteiger partial charge in [-0.25, -0.2) is 4.79 Å². The molecule has 0 unspecified atom stereocenters. The summed E-state index contributed by atoms with van der Waals surface area (Å²) < 4.78 is 40.5. The average molecular weight is 447 g/mol. The molecule has 1 aliphatic rings. The first-order valence-corrected chi connectivity index (χ1v) is 11.7. The van der Waals surface area contributed by atoms with Crippen LogP contribution in [0.2, 0.25) is 0 Å². The summed E-state index contributed by atoms with van der Waals surface area (Å²) in [4.78, 5) is 11.7. The van der Waals surface area contributed by atoms with E-state index >= 15 is 0 Å². The fourth-order valence-corrected chi connectivity index (χ4v) is 4.68. The van der Waals surface area contributed by atoms with Gasteiger partial charge in [0, 0.05) is 0 Å². The first kappa shape index (κ1) is 23.1. The van der Waals surface area contributed by atoms with Crippen LogP contribution in [0.5, 0.6) is 11.5 Å². The third-order valence-corrected chi connectivity index (χ3v) is 6.68. The molecule has 0 N–H and O–H groups in total. The number of hydrogen-bond acceptors (Lipinski definition) is 6. The largest absolute Gasteiger partial charge is 0.500 e. The summed E-state index contributed by atoms with van der Waals surface area (Å²) >= 11 is 0. The number of carbonyl (C=O) groups is 1. The molecule has 7 heteroatoms. The highest BCUT2D eigenvalue weighted by atomic mass is 32.3. The molecule has 1 aliphatic carbocycles. The van der Waals surface area contributed by atoms with Crippen LogP contribution in [0.15, 0.2) is 36.4 Å². The minimum Gasteiger partial charge on any atom is -0.462 e. The molecule has 3 rings (SSSR count). The van der Waals surface area contributed by atoms with Gasteiger partial charge in [0.25, 0.3) is 0 Å². The van der Waals surface area contributed by atoms with Gasteiger partial charge in [-0.05, 0) is 84.5 Å². The first-order chi connectivity index (χ1) is 14.3. The van der Waals surface area contributed by atoms with Crippen LogP contribution in [0, 0.1) is 6.92 Å². The Hall–Kier alpha value is -2.54. The summed E-state index contributed by atoms with van der Waals surface area (Å²) in [5.41, 5.74) is 3.30. The third kappa shape index (κ3) is 5.03. The van der Waals surface area contributed by atoms with Gasteiger partial charge in [-0.3, -0.25) is 0 Å². The smallest absolute Gasteiger partial charge is 0.462 e. The summed E-state index contributed by atoms with van der Waals surface area (Å²) in [6, 6.07) is 9.51. The van der Waals surface area contributed by atoms with E-state index in [1.165, 1.54) is 29.8 Å². The summed E-state index contributed by atoms with van der Waals surface area (Å²) in [7, 11) is -4.36. The van der Waals surface area contributed by atoms with Crippen LogP contribution in [0.4, 0.5) is 0 Å². The normalized spacial score (nSPS) is 16.8. The maximum absolute atomic E-state index is 12.6. The van der Waals surface area contributed by atoms with Crippen molar-refractivity contribution in [2.75, 3.05) is 6.61 Å². The highest BCUT2D eigenvalue weighted by Gasteiger charge is 2.38. The monoisotopic (exact) mass is 446 g/mol.